The maximum Gasteiger partial charge on any atom is 0.309 e. The minimum absolute atomic E-state index is 0.206. The standard InChI is InChI=1S/C11H13NO3S/c1-2-15-11(13)7-5-9(12-14)8-3-4-16-10(8)6-7/h3-4,7,14H,2,5-6H2,1H3/b12-9+. The van der Waals surface area contributed by atoms with Crippen LogP contribution in [0.15, 0.2) is 16.6 Å². The summed E-state index contributed by atoms with van der Waals surface area (Å²) >= 11 is 1.58. The van der Waals surface area contributed by atoms with Crippen LogP contribution in [0.25, 0.3) is 0 Å². The summed E-state index contributed by atoms with van der Waals surface area (Å²) in [5, 5.41) is 14.1. The molecule has 1 aliphatic carbocycles. The van der Waals surface area contributed by atoms with Gasteiger partial charge in [-0.25, -0.2) is 0 Å². The highest BCUT2D eigenvalue weighted by Gasteiger charge is 2.30. The molecule has 0 aromatic carbocycles. The van der Waals surface area contributed by atoms with Gasteiger partial charge in [0.15, 0.2) is 0 Å². The summed E-state index contributed by atoms with van der Waals surface area (Å²) in [5.74, 6) is -0.417. The van der Waals surface area contributed by atoms with E-state index in [2.05, 4.69) is 5.16 Å². The Balaban J connectivity index is 2.22. The van der Waals surface area contributed by atoms with Gasteiger partial charge in [0.2, 0.25) is 0 Å². The van der Waals surface area contributed by atoms with Gasteiger partial charge in [-0.2, -0.15) is 0 Å². The fourth-order valence-electron chi connectivity index (χ4n) is 1.92. The molecule has 0 saturated heterocycles. The normalized spacial score (nSPS) is 21.8. The number of thiophene rings is 1. The van der Waals surface area contributed by atoms with E-state index < -0.39 is 0 Å². The molecule has 1 aliphatic rings. The van der Waals surface area contributed by atoms with Crippen molar-refractivity contribution in [2.75, 3.05) is 6.61 Å². The molecular formula is C11H13NO3S. The van der Waals surface area contributed by atoms with E-state index in [4.69, 9.17) is 9.94 Å². The van der Waals surface area contributed by atoms with E-state index in [1.807, 2.05) is 11.4 Å². The molecule has 1 aromatic heterocycles. The average molecular weight is 239 g/mol. The van der Waals surface area contributed by atoms with Crippen LogP contribution >= 0.6 is 11.3 Å². The van der Waals surface area contributed by atoms with Gasteiger partial charge in [-0.1, -0.05) is 5.16 Å². The molecule has 0 aliphatic heterocycles. The third-order valence-corrected chi connectivity index (χ3v) is 3.61. The maximum absolute atomic E-state index is 11.6. The second-order valence-electron chi connectivity index (χ2n) is 3.66. The van der Waals surface area contributed by atoms with Gasteiger partial charge in [-0.05, 0) is 24.8 Å². The van der Waals surface area contributed by atoms with Crippen molar-refractivity contribution in [2.24, 2.45) is 11.1 Å². The van der Waals surface area contributed by atoms with Crippen LogP contribution in [-0.4, -0.2) is 23.5 Å². The molecule has 1 aromatic rings. The quantitative estimate of drug-likeness (QED) is 0.488. The van der Waals surface area contributed by atoms with Crippen molar-refractivity contribution in [3.63, 3.8) is 0 Å². The number of nitrogens with zero attached hydrogens (tertiary/aromatic N) is 1. The molecular weight excluding hydrogens is 226 g/mol. The molecule has 0 bridgehead atoms. The van der Waals surface area contributed by atoms with Gasteiger partial charge < -0.3 is 9.94 Å². The molecule has 0 spiro atoms. The minimum Gasteiger partial charge on any atom is -0.466 e. The second kappa shape index (κ2) is 4.65. The van der Waals surface area contributed by atoms with Crippen LogP contribution in [0.5, 0.6) is 0 Å². The Bertz CT molecular complexity index is 425. The molecule has 86 valence electrons. The fraction of sp³-hybridized carbons (Fsp3) is 0.455. The van der Waals surface area contributed by atoms with Crippen molar-refractivity contribution in [1.29, 1.82) is 0 Å². The first-order valence-electron chi connectivity index (χ1n) is 5.20. The Morgan fingerprint density at radius 2 is 2.50 bits per heavy atom. The first kappa shape index (κ1) is 11.1. The zero-order valence-corrected chi connectivity index (χ0v) is 9.79. The SMILES string of the molecule is CCOC(=O)C1C/C(=N\O)c2ccsc2C1. The highest BCUT2D eigenvalue weighted by molar-refractivity contribution is 7.10. The summed E-state index contributed by atoms with van der Waals surface area (Å²) in [6.07, 6.45) is 1.14. The van der Waals surface area contributed by atoms with Gasteiger partial charge in [0.05, 0.1) is 18.2 Å². The lowest BCUT2D eigenvalue weighted by molar-refractivity contribution is -0.147. The molecule has 0 fully saturated rings. The largest absolute Gasteiger partial charge is 0.466 e. The van der Waals surface area contributed by atoms with Crippen molar-refractivity contribution >= 4 is 23.0 Å². The van der Waals surface area contributed by atoms with E-state index in [0.717, 1.165) is 10.4 Å². The zero-order valence-electron chi connectivity index (χ0n) is 8.97. The maximum atomic E-state index is 11.6. The third-order valence-electron chi connectivity index (χ3n) is 2.67. The highest BCUT2D eigenvalue weighted by Crippen LogP contribution is 2.30. The van der Waals surface area contributed by atoms with Crippen molar-refractivity contribution in [3.8, 4) is 0 Å². The predicted molar refractivity (Wildman–Crippen MR) is 61.1 cm³/mol. The molecule has 0 radical (unpaired) electrons. The number of esters is 1. The van der Waals surface area contributed by atoms with E-state index in [0.29, 0.717) is 25.2 Å². The third kappa shape index (κ3) is 1.95. The second-order valence-corrected chi connectivity index (χ2v) is 4.66. The molecule has 1 N–H and O–H groups in total. The number of rotatable bonds is 2. The van der Waals surface area contributed by atoms with Crippen molar-refractivity contribution in [2.45, 2.75) is 19.8 Å². The molecule has 0 amide bonds. The van der Waals surface area contributed by atoms with Gasteiger partial charge in [0.1, 0.15) is 0 Å². The van der Waals surface area contributed by atoms with Gasteiger partial charge >= 0.3 is 5.97 Å². The summed E-state index contributed by atoms with van der Waals surface area (Å²) < 4.78 is 4.99. The number of oxime groups is 1. The molecule has 16 heavy (non-hydrogen) atoms. The van der Waals surface area contributed by atoms with Crippen LogP contribution in [0.1, 0.15) is 23.8 Å². The smallest absolute Gasteiger partial charge is 0.309 e. The van der Waals surface area contributed by atoms with Crippen molar-refractivity contribution < 1.29 is 14.7 Å². The van der Waals surface area contributed by atoms with E-state index in [1.54, 1.807) is 18.3 Å². The lowest BCUT2D eigenvalue weighted by atomic mass is 9.87. The average Bonchev–Trinajstić information content (AvgIpc) is 2.75. The molecule has 0 saturated carbocycles. The Morgan fingerprint density at radius 3 is 3.19 bits per heavy atom. The number of hydrogen-bond acceptors (Lipinski definition) is 5. The Labute approximate surface area is 97.5 Å². The molecule has 1 atom stereocenters. The molecule has 1 unspecified atom stereocenters. The number of hydrogen-bond donors (Lipinski definition) is 1. The summed E-state index contributed by atoms with van der Waals surface area (Å²) in [5.41, 5.74) is 1.55. The van der Waals surface area contributed by atoms with E-state index >= 15 is 0 Å². The Morgan fingerprint density at radius 1 is 1.69 bits per heavy atom. The van der Waals surface area contributed by atoms with E-state index in [-0.39, 0.29) is 11.9 Å². The highest BCUT2D eigenvalue weighted by atomic mass is 32.1. The van der Waals surface area contributed by atoms with Crippen LogP contribution in [0.4, 0.5) is 0 Å². The van der Waals surface area contributed by atoms with Gasteiger partial charge in [-0.3, -0.25) is 4.79 Å². The summed E-state index contributed by atoms with van der Waals surface area (Å²) in [6.45, 7) is 2.18. The van der Waals surface area contributed by atoms with E-state index in [9.17, 15) is 4.79 Å². The lowest BCUT2D eigenvalue weighted by Crippen LogP contribution is -2.27. The summed E-state index contributed by atoms with van der Waals surface area (Å²) in [4.78, 5) is 12.7. The van der Waals surface area contributed by atoms with Crippen LogP contribution in [-0.2, 0) is 16.0 Å². The number of carbonyl (C=O) groups is 1. The number of ether oxygens (including phenoxy) is 1. The fourth-order valence-corrected chi connectivity index (χ4v) is 2.90. The van der Waals surface area contributed by atoms with Crippen LogP contribution in [0, 0.1) is 5.92 Å². The molecule has 4 nitrogen and oxygen atoms in total. The summed E-state index contributed by atoms with van der Waals surface area (Å²) in [7, 11) is 0. The van der Waals surface area contributed by atoms with E-state index in [1.165, 1.54) is 0 Å². The van der Waals surface area contributed by atoms with Crippen LogP contribution in [0.3, 0.4) is 0 Å². The zero-order chi connectivity index (χ0) is 11.5. The monoisotopic (exact) mass is 239 g/mol. The van der Waals surface area contributed by atoms with Crippen molar-refractivity contribution in [1.82, 2.24) is 0 Å². The predicted octanol–water partition coefficient (Wildman–Crippen LogP) is 2.05. The summed E-state index contributed by atoms with van der Waals surface area (Å²) in [6, 6.07) is 1.93. The topological polar surface area (TPSA) is 58.9 Å². The van der Waals surface area contributed by atoms with Crippen LogP contribution in [0.2, 0.25) is 0 Å². The molecule has 5 heteroatoms. The first-order valence-corrected chi connectivity index (χ1v) is 6.08. The lowest BCUT2D eigenvalue weighted by Gasteiger charge is -2.20. The Hall–Kier alpha value is -1.36. The van der Waals surface area contributed by atoms with Crippen molar-refractivity contribution in [3.05, 3.63) is 21.9 Å². The Kier molecular flexibility index (Phi) is 3.24. The van der Waals surface area contributed by atoms with Gasteiger partial charge in [0.25, 0.3) is 0 Å². The number of carbonyl (C=O) groups excluding carboxylic acids is 1. The van der Waals surface area contributed by atoms with Crippen LogP contribution < -0.4 is 0 Å². The first-order chi connectivity index (χ1) is 7.76. The minimum atomic E-state index is -0.211. The number of fused-ring (bicyclic) bond motifs is 1. The van der Waals surface area contributed by atoms with Gasteiger partial charge in [0, 0.05) is 16.9 Å². The van der Waals surface area contributed by atoms with Gasteiger partial charge in [-0.15, -0.1) is 11.3 Å². The molecule has 1 heterocycles. The molecule has 2 rings (SSSR count).